The number of carbonyl (C=O) groups is 2. The number of Topliss-reactive ketones (excluding diaryl/α,β-unsaturated/α-hetero) is 1. The maximum absolute atomic E-state index is 11.9. The Morgan fingerprint density at radius 1 is 1.29 bits per heavy atom. The predicted molar refractivity (Wildman–Crippen MR) is 58.9 cm³/mol. The molecule has 2 aromatic rings. The van der Waals surface area contributed by atoms with Gasteiger partial charge in [0.2, 0.25) is 11.9 Å². The lowest BCUT2D eigenvalue weighted by atomic mass is 10.4. The van der Waals surface area contributed by atoms with Crippen LogP contribution in [-0.2, 0) is 0 Å². The normalized spacial score (nSPS) is 10.7. The Morgan fingerprint density at radius 2 is 1.94 bits per heavy atom. The minimum absolute atomic E-state index is 0.00491. The topological polar surface area (TPSA) is 124 Å². The molecule has 0 unspecified atom stereocenters. The van der Waals surface area contributed by atoms with Crippen molar-refractivity contribution in [2.45, 2.75) is 13.8 Å². The maximum atomic E-state index is 11.9. The first-order valence-corrected chi connectivity index (χ1v) is 4.72. The molecule has 17 heavy (non-hydrogen) atoms. The second-order valence-corrected chi connectivity index (χ2v) is 3.47. The molecule has 8 heteroatoms. The van der Waals surface area contributed by atoms with Gasteiger partial charge in [0.1, 0.15) is 0 Å². The summed E-state index contributed by atoms with van der Waals surface area (Å²) in [4.78, 5) is 44.3. The molecule has 88 valence electrons. The number of aromatic nitrogens is 4. The summed E-state index contributed by atoms with van der Waals surface area (Å²) in [5.74, 6) is -1.14. The van der Waals surface area contributed by atoms with Crippen molar-refractivity contribution in [3.05, 3.63) is 16.2 Å². The van der Waals surface area contributed by atoms with Gasteiger partial charge >= 0.3 is 0 Å². The second-order valence-electron chi connectivity index (χ2n) is 3.47. The quantitative estimate of drug-likeness (QED) is 0.646. The fraction of sp³-hybridized carbons (Fsp3) is 0.222. The molecule has 3 N–H and O–H groups in total. The summed E-state index contributed by atoms with van der Waals surface area (Å²) in [6.07, 6.45) is 0. The Morgan fingerprint density at radius 3 is 2.47 bits per heavy atom. The van der Waals surface area contributed by atoms with Gasteiger partial charge in [-0.3, -0.25) is 14.4 Å². The van der Waals surface area contributed by atoms with E-state index in [4.69, 9.17) is 5.73 Å². The smallest absolute Gasteiger partial charge is 0.287 e. The highest BCUT2D eigenvalue weighted by Gasteiger charge is 2.16. The number of H-pyrrole nitrogens is 1. The number of nitrogens with one attached hydrogen (secondary N) is 1. The van der Waals surface area contributed by atoms with E-state index in [2.05, 4.69) is 15.0 Å². The van der Waals surface area contributed by atoms with Crippen LogP contribution < -0.4 is 11.3 Å². The zero-order valence-electron chi connectivity index (χ0n) is 9.14. The van der Waals surface area contributed by atoms with Crippen LogP contribution in [0.2, 0.25) is 0 Å². The van der Waals surface area contributed by atoms with Gasteiger partial charge in [-0.15, -0.1) is 0 Å². The molecule has 0 radical (unpaired) electrons. The lowest BCUT2D eigenvalue weighted by Gasteiger charge is -2.02. The van der Waals surface area contributed by atoms with E-state index in [1.807, 2.05) is 0 Å². The second kappa shape index (κ2) is 3.51. The first kappa shape index (κ1) is 11.0. The molecule has 0 atom stereocenters. The summed E-state index contributed by atoms with van der Waals surface area (Å²) in [5, 5.41) is 0. The number of hydrogen-bond donors (Lipinski definition) is 2. The SMILES string of the molecule is CC(=O)c1nc2nc(N)n(C(C)=O)c(=O)c2[nH]1. The van der Waals surface area contributed by atoms with Crippen molar-refractivity contribution in [2.75, 3.05) is 5.73 Å². The summed E-state index contributed by atoms with van der Waals surface area (Å²) in [6.45, 7) is 2.48. The number of nitrogens with zero attached hydrogens (tertiary/aromatic N) is 3. The van der Waals surface area contributed by atoms with Gasteiger partial charge in [-0.2, -0.15) is 4.98 Å². The highest BCUT2D eigenvalue weighted by atomic mass is 16.2. The zero-order chi connectivity index (χ0) is 12.7. The van der Waals surface area contributed by atoms with E-state index >= 15 is 0 Å². The van der Waals surface area contributed by atoms with Crippen LogP contribution in [0.3, 0.4) is 0 Å². The molecule has 0 aliphatic rings. The number of rotatable bonds is 1. The monoisotopic (exact) mass is 235 g/mol. The lowest BCUT2D eigenvalue weighted by molar-refractivity contribution is 0.0934. The number of carbonyl (C=O) groups excluding carboxylic acids is 2. The van der Waals surface area contributed by atoms with Crippen LogP contribution in [0.15, 0.2) is 4.79 Å². The van der Waals surface area contributed by atoms with E-state index in [9.17, 15) is 14.4 Å². The van der Waals surface area contributed by atoms with Crippen LogP contribution in [0.25, 0.3) is 11.2 Å². The van der Waals surface area contributed by atoms with E-state index in [0.717, 1.165) is 0 Å². The van der Waals surface area contributed by atoms with Crippen molar-refractivity contribution in [3.63, 3.8) is 0 Å². The van der Waals surface area contributed by atoms with E-state index < -0.39 is 11.5 Å². The Labute approximate surface area is 94.5 Å². The Hall–Kier alpha value is -2.51. The van der Waals surface area contributed by atoms with Gasteiger partial charge in [0.05, 0.1) is 0 Å². The van der Waals surface area contributed by atoms with Crippen LogP contribution in [0.5, 0.6) is 0 Å². The van der Waals surface area contributed by atoms with Crippen LogP contribution in [0, 0.1) is 0 Å². The molecule has 0 aliphatic carbocycles. The van der Waals surface area contributed by atoms with Gasteiger partial charge in [-0.1, -0.05) is 0 Å². The molecule has 0 saturated carbocycles. The standard InChI is InChI=1S/C9H9N5O3/c1-3(15)6-11-5-7(12-6)13-9(10)14(4(2)16)8(5)17/h1-2H3,(H2,10,13)(H,11,12). The third-order valence-electron chi connectivity index (χ3n) is 2.20. The number of fused-ring (bicyclic) bond motifs is 1. The summed E-state index contributed by atoms with van der Waals surface area (Å²) in [7, 11) is 0. The number of nitrogens with two attached hydrogens (primary N) is 1. The molecule has 8 nitrogen and oxygen atoms in total. The molecule has 0 bridgehead atoms. The molecule has 0 aliphatic heterocycles. The number of aromatic amines is 1. The van der Waals surface area contributed by atoms with Crippen molar-refractivity contribution >= 4 is 28.8 Å². The average Bonchev–Trinajstić information content (AvgIpc) is 2.60. The van der Waals surface area contributed by atoms with E-state index in [1.165, 1.54) is 13.8 Å². The molecule has 2 aromatic heterocycles. The molecular formula is C9H9N5O3. The third kappa shape index (κ3) is 1.59. The number of nitrogen functional groups attached to an aromatic ring is 1. The van der Waals surface area contributed by atoms with Crippen LogP contribution in [0.4, 0.5) is 5.95 Å². The summed E-state index contributed by atoms with van der Waals surface area (Å²) in [5.41, 5.74) is 4.81. The first-order valence-electron chi connectivity index (χ1n) is 4.72. The lowest BCUT2D eigenvalue weighted by Crippen LogP contribution is -2.28. The van der Waals surface area contributed by atoms with Crippen molar-refractivity contribution in [1.29, 1.82) is 0 Å². The Balaban J connectivity index is 2.88. The molecular weight excluding hydrogens is 226 g/mol. The fourth-order valence-electron chi connectivity index (χ4n) is 1.44. The fourth-order valence-corrected chi connectivity index (χ4v) is 1.44. The van der Waals surface area contributed by atoms with Gasteiger partial charge in [-0.05, 0) is 0 Å². The predicted octanol–water partition coefficient (Wildman–Crippen LogP) is -0.436. The minimum Gasteiger partial charge on any atom is -0.369 e. The van der Waals surface area contributed by atoms with E-state index in [0.29, 0.717) is 4.57 Å². The minimum atomic E-state index is -0.667. The number of hydrogen-bond acceptors (Lipinski definition) is 6. The average molecular weight is 235 g/mol. The summed E-state index contributed by atoms with van der Waals surface area (Å²) >= 11 is 0. The molecule has 0 saturated heterocycles. The van der Waals surface area contributed by atoms with Crippen LogP contribution >= 0.6 is 0 Å². The van der Waals surface area contributed by atoms with Gasteiger partial charge in [0, 0.05) is 13.8 Å². The molecule has 2 rings (SSSR count). The van der Waals surface area contributed by atoms with Crippen LogP contribution in [-0.4, -0.2) is 31.2 Å². The molecule has 0 fully saturated rings. The number of anilines is 1. The van der Waals surface area contributed by atoms with Crippen LogP contribution in [0.1, 0.15) is 29.3 Å². The van der Waals surface area contributed by atoms with E-state index in [-0.39, 0.29) is 28.7 Å². The van der Waals surface area contributed by atoms with Gasteiger partial charge in [-0.25, -0.2) is 9.55 Å². The summed E-state index contributed by atoms with van der Waals surface area (Å²) < 4.78 is 0.713. The molecule has 0 spiro atoms. The zero-order valence-corrected chi connectivity index (χ0v) is 9.14. The molecule has 0 amide bonds. The largest absolute Gasteiger partial charge is 0.369 e. The highest BCUT2D eigenvalue weighted by molar-refractivity contribution is 5.93. The Kier molecular flexibility index (Phi) is 2.27. The van der Waals surface area contributed by atoms with Gasteiger partial charge in [0.25, 0.3) is 5.56 Å². The van der Waals surface area contributed by atoms with Crippen molar-refractivity contribution in [1.82, 2.24) is 19.5 Å². The summed E-state index contributed by atoms with van der Waals surface area (Å²) in [6, 6.07) is 0. The molecule has 0 aromatic carbocycles. The molecule has 2 heterocycles. The maximum Gasteiger partial charge on any atom is 0.287 e. The van der Waals surface area contributed by atoms with Crippen molar-refractivity contribution in [3.8, 4) is 0 Å². The van der Waals surface area contributed by atoms with Gasteiger partial charge in [0.15, 0.2) is 22.8 Å². The third-order valence-corrected chi connectivity index (χ3v) is 2.20. The number of imidazole rings is 1. The first-order chi connectivity index (χ1) is 7.91. The Bertz CT molecular complexity index is 696. The van der Waals surface area contributed by atoms with E-state index in [1.54, 1.807) is 0 Å². The highest BCUT2D eigenvalue weighted by Crippen LogP contribution is 2.07. The number of ketones is 1. The van der Waals surface area contributed by atoms with Crippen molar-refractivity contribution < 1.29 is 9.59 Å². The van der Waals surface area contributed by atoms with Crippen molar-refractivity contribution in [2.24, 2.45) is 0 Å². The van der Waals surface area contributed by atoms with Gasteiger partial charge < -0.3 is 10.7 Å².